The number of thioether (sulfide) groups is 1. The molecule has 0 heterocycles. The molecule has 0 atom stereocenters. The van der Waals surface area contributed by atoms with Gasteiger partial charge in [0.2, 0.25) is 15.9 Å². The van der Waals surface area contributed by atoms with Gasteiger partial charge in [-0.05, 0) is 49.2 Å². The maximum Gasteiger partial charge on any atom is 0.242 e. The third-order valence-corrected chi connectivity index (χ3v) is 7.19. The summed E-state index contributed by atoms with van der Waals surface area (Å²) >= 11 is 1.69. The summed E-state index contributed by atoms with van der Waals surface area (Å²) in [6.07, 6.45) is 0.661. The molecule has 0 aliphatic rings. The largest absolute Gasteiger partial charge is 0.496 e. The highest BCUT2D eigenvalue weighted by Crippen LogP contribution is 2.25. The number of carbonyl (C=O) groups is 1. The topological polar surface area (TPSA) is 75.7 Å². The number of methoxy groups -OCH3 is 1. The highest BCUT2D eigenvalue weighted by molar-refractivity contribution is 7.99. The van der Waals surface area contributed by atoms with Crippen molar-refractivity contribution in [2.45, 2.75) is 29.6 Å². The van der Waals surface area contributed by atoms with Crippen molar-refractivity contribution in [2.75, 3.05) is 33.5 Å². The van der Waals surface area contributed by atoms with Gasteiger partial charge in [0.25, 0.3) is 0 Å². The van der Waals surface area contributed by atoms with Crippen LogP contribution < -0.4 is 10.1 Å². The van der Waals surface area contributed by atoms with E-state index in [9.17, 15) is 13.2 Å². The number of aryl methyl sites for hydroxylation is 2. The first kappa shape index (κ1) is 23.3. The number of nitrogens with one attached hydrogen (secondary N) is 1. The fourth-order valence-electron chi connectivity index (χ4n) is 2.65. The molecule has 29 heavy (non-hydrogen) atoms. The van der Waals surface area contributed by atoms with Gasteiger partial charge in [0.15, 0.2) is 0 Å². The van der Waals surface area contributed by atoms with Crippen LogP contribution in [0.5, 0.6) is 5.75 Å². The number of rotatable bonds is 10. The zero-order valence-corrected chi connectivity index (χ0v) is 18.9. The van der Waals surface area contributed by atoms with Crippen LogP contribution in [-0.4, -0.2) is 52.1 Å². The van der Waals surface area contributed by atoms with E-state index in [1.165, 1.54) is 37.7 Å². The molecule has 2 aromatic carbocycles. The van der Waals surface area contributed by atoms with Crippen molar-refractivity contribution in [1.82, 2.24) is 9.62 Å². The summed E-state index contributed by atoms with van der Waals surface area (Å²) in [5.74, 6) is 1.29. The van der Waals surface area contributed by atoms with E-state index >= 15 is 0 Å². The second kappa shape index (κ2) is 10.7. The van der Waals surface area contributed by atoms with E-state index in [4.69, 9.17) is 4.74 Å². The van der Waals surface area contributed by atoms with Crippen molar-refractivity contribution in [2.24, 2.45) is 0 Å². The maximum absolute atomic E-state index is 12.3. The van der Waals surface area contributed by atoms with E-state index in [-0.39, 0.29) is 17.2 Å². The van der Waals surface area contributed by atoms with Crippen LogP contribution >= 0.6 is 11.8 Å². The Morgan fingerprint density at radius 2 is 1.83 bits per heavy atom. The standard InChI is InChI=1S/C21H28N2O4S2/c1-16-5-8-18(9-6-16)28-14-13-22-21(24)12-7-17-15-19(10-11-20(17)27-4)29(25,26)23(2)3/h5-6,8-11,15H,7,12-14H2,1-4H3,(H,22,24). The molecule has 0 fully saturated rings. The van der Waals surface area contributed by atoms with E-state index < -0.39 is 10.0 Å². The minimum absolute atomic E-state index is 0.0718. The molecule has 158 valence electrons. The molecule has 6 nitrogen and oxygen atoms in total. The summed E-state index contributed by atoms with van der Waals surface area (Å²) in [7, 11) is 0.969. The van der Waals surface area contributed by atoms with E-state index in [1.54, 1.807) is 23.9 Å². The molecule has 0 bridgehead atoms. The number of sulfonamides is 1. The van der Waals surface area contributed by atoms with Gasteiger partial charge in [-0.3, -0.25) is 4.79 Å². The second-order valence-corrected chi connectivity index (χ2v) is 10.1. The monoisotopic (exact) mass is 436 g/mol. The number of ether oxygens (including phenoxy) is 1. The maximum atomic E-state index is 12.3. The molecular weight excluding hydrogens is 408 g/mol. The van der Waals surface area contributed by atoms with Crippen LogP contribution in [0, 0.1) is 6.92 Å². The van der Waals surface area contributed by atoms with Crippen LogP contribution in [0.25, 0.3) is 0 Å². The van der Waals surface area contributed by atoms with Crippen molar-refractivity contribution >= 4 is 27.7 Å². The summed E-state index contributed by atoms with van der Waals surface area (Å²) in [4.78, 5) is 13.5. The fraction of sp³-hybridized carbons (Fsp3) is 0.381. The fourth-order valence-corrected chi connectivity index (χ4v) is 4.37. The Balaban J connectivity index is 1.87. The lowest BCUT2D eigenvalue weighted by molar-refractivity contribution is -0.120. The Kier molecular flexibility index (Phi) is 8.55. The predicted octanol–water partition coefficient (Wildman–Crippen LogP) is 3.10. The molecule has 2 aromatic rings. The van der Waals surface area contributed by atoms with E-state index in [1.807, 2.05) is 0 Å². The molecular formula is C21H28N2O4S2. The lowest BCUT2D eigenvalue weighted by atomic mass is 10.1. The molecule has 0 saturated heterocycles. The molecule has 0 aromatic heterocycles. The van der Waals surface area contributed by atoms with Crippen LogP contribution in [-0.2, 0) is 21.2 Å². The van der Waals surface area contributed by atoms with E-state index in [2.05, 4.69) is 36.5 Å². The SMILES string of the molecule is COc1ccc(S(=O)(=O)N(C)C)cc1CCC(=O)NCCSc1ccc(C)cc1. The lowest BCUT2D eigenvalue weighted by Crippen LogP contribution is -2.26. The molecule has 0 radical (unpaired) electrons. The highest BCUT2D eigenvalue weighted by atomic mass is 32.2. The molecule has 1 amide bonds. The van der Waals surface area contributed by atoms with Gasteiger partial charge in [-0.15, -0.1) is 11.8 Å². The van der Waals surface area contributed by atoms with Crippen molar-refractivity contribution < 1.29 is 17.9 Å². The predicted molar refractivity (Wildman–Crippen MR) is 117 cm³/mol. The first-order chi connectivity index (χ1) is 13.7. The van der Waals surface area contributed by atoms with E-state index in [0.29, 0.717) is 24.3 Å². The Hall–Kier alpha value is -2.03. The summed E-state index contributed by atoms with van der Waals surface area (Å²) in [6.45, 7) is 2.62. The molecule has 0 unspecified atom stereocenters. The second-order valence-electron chi connectivity index (χ2n) is 6.77. The minimum atomic E-state index is -3.54. The summed E-state index contributed by atoms with van der Waals surface area (Å²) in [6, 6.07) is 13.0. The zero-order chi connectivity index (χ0) is 21.4. The van der Waals surface area contributed by atoms with Gasteiger partial charge in [-0.25, -0.2) is 12.7 Å². The number of benzene rings is 2. The van der Waals surface area contributed by atoms with Crippen molar-refractivity contribution in [1.29, 1.82) is 0 Å². The van der Waals surface area contributed by atoms with Gasteiger partial charge >= 0.3 is 0 Å². The summed E-state index contributed by atoms with van der Waals surface area (Å²) < 4.78 is 31.2. The van der Waals surface area contributed by atoms with Gasteiger partial charge in [-0.2, -0.15) is 0 Å². The molecule has 0 aliphatic heterocycles. The third-order valence-electron chi connectivity index (χ3n) is 4.37. The Morgan fingerprint density at radius 3 is 2.45 bits per heavy atom. The number of carbonyl (C=O) groups excluding carboxylic acids is 1. The average molecular weight is 437 g/mol. The Labute approximate surface area is 177 Å². The highest BCUT2D eigenvalue weighted by Gasteiger charge is 2.19. The van der Waals surface area contributed by atoms with Gasteiger partial charge in [0.1, 0.15) is 5.75 Å². The van der Waals surface area contributed by atoms with Crippen LogP contribution in [0.3, 0.4) is 0 Å². The van der Waals surface area contributed by atoms with Gasteiger partial charge < -0.3 is 10.1 Å². The summed E-state index contributed by atoms with van der Waals surface area (Å²) in [5, 5.41) is 2.91. The number of hydrogen-bond donors (Lipinski definition) is 1. The van der Waals surface area contributed by atoms with Crippen LogP contribution in [0.4, 0.5) is 0 Å². The molecule has 0 spiro atoms. The van der Waals surface area contributed by atoms with E-state index in [0.717, 1.165) is 10.1 Å². The summed E-state index contributed by atoms with van der Waals surface area (Å²) in [5.41, 5.74) is 1.92. The van der Waals surface area contributed by atoms with Gasteiger partial charge in [0, 0.05) is 37.7 Å². The van der Waals surface area contributed by atoms with Crippen molar-refractivity contribution in [3.8, 4) is 5.75 Å². The van der Waals surface area contributed by atoms with Gasteiger partial charge in [-0.1, -0.05) is 17.7 Å². The average Bonchev–Trinajstić information content (AvgIpc) is 2.70. The number of nitrogens with zero attached hydrogens (tertiary/aromatic N) is 1. The van der Waals surface area contributed by atoms with Crippen LogP contribution in [0.15, 0.2) is 52.3 Å². The Morgan fingerprint density at radius 1 is 1.14 bits per heavy atom. The first-order valence-electron chi connectivity index (χ1n) is 9.29. The van der Waals surface area contributed by atoms with Crippen molar-refractivity contribution in [3.05, 3.63) is 53.6 Å². The normalized spacial score (nSPS) is 11.5. The smallest absolute Gasteiger partial charge is 0.242 e. The number of amides is 1. The zero-order valence-electron chi connectivity index (χ0n) is 17.3. The number of hydrogen-bond acceptors (Lipinski definition) is 5. The van der Waals surface area contributed by atoms with Gasteiger partial charge in [0.05, 0.1) is 12.0 Å². The lowest BCUT2D eigenvalue weighted by Gasteiger charge is -2.14. The van der Waals surface area contributed by atoms with Crippen molar-refractivity contribution in [3.63, 3.8) is 0 Å². The van der Waals surface area contributed by atoms with Crippen LogP contribution in [0.2, 0.25) is 0 Å². The van der Waals surface area contributed by atoms with Crippen LogP contribution in [0.1, 0.15) is 17.5 Å². The Bertz CT molecular complexity index is 926. The minimum Gasteiger partial charge on any atom is -0.496 e. The molecule has 1 N–H and O–H groups in total. The first-order valence-corrected chi connectivity index (χ1v) is 11.7. The molecule has 0 aliphatic carbocycles. The quantitative estimate of drug-likeness (QED) is 0.458. The molecule has 0 saturated carbocycles. The molecule has 8 heteroatoms. The molecule has 2 rings (SSSR count). The third kappa shape index (κ3) is 6.76.